The van der Waals surface area contributed by atoms with Crippen LogP contribution in [0.4, 0.5) is 10.5 Å². The molecule has 0 aliphatic heterocycles. The predicted molar refractivity (Wildman–Crippen MR) is 80.3 cm³/mol. The minimum atomic E-state index is -0.245. The van der Waals surface area contributed by atoms with Crippen LogP contribution in [0, 0.1) is 5.92 Å². The molecule has 0 bridgehead atoms. The lowest BCUT2D eigenvalue weighted by Gasteiger charge is -2.09. The minimum absolute atomic E-state index is 0.245. The Morgan fingerprint density at radius 1 is 1.30 bits per heavy atom. The summed E-state index contributed by atoms with van der Waals surface area (Å²) < 4.78 is 10.5. The van der Waals surface area contributed by atoms with Crippen molar-refractivity contribution in [2.45, 2.75) is 20.3 Å². The molecule has 0 atom stereocenters. The lowest BCUT2D eigenvalue weighted by molar-refractivity contribution is 0.126. The van der Waals surface area contributed by atoms with E-state index < -0.39 is 0 Å². The van der Waals surface area contributed by atoms with Crippen LogP contribution in [0.15, 0.2) is 24.3 Å². The van der Waals surface area contributed by atoms with E-state index in [1.54, 1.807) is 19.2 Å². The Morgan fingerprint density at radius 2 is 2.10 bits per heavy atom. The van der Waals surface area contributed by atoms with Crippen molar-refractivity contribution in [2.75, 3.05) is 32.2 Å². The molecule has 1 aromatic rings. The van der Waals surface area contributed by atoms with Crippen LogP contribution < -0.4 is 15.4 Å². The first kappa shape index (κ1) is 16.3. The Morgan fingerprint density at radius 3 is 2.80 bits per heavy atom. The van der Waals surface area contributed by atoms with Crippen LogP contribution in [0.1, 0.15) is 20.3 Å². The highest BCUT2D eigenvalue weighted by atomic mass is 16.5. The topological polar surface area (TPSA) is 59.6 Å². The number of nitrogens with one attached hydrogen (secondary N) is 2. The second-order valence-electron chi connectivity index (χ2n) is 4.91. The Kier molecular flexibility index (Phi) is 7.50. The number of amides is 2. The van der Waals surface area contributed by atoms with Crippen LogP contribution in [0.25, 0.3) is 0 Å². The summed E-state index contributed by atoms with van der Waals surface area (Å²) in [5.74, 6) is 1.35. The number of benzene rings is 1. The molecular formula is C15H24N2O3. The van der Waals surface area contributed by atoms with Gasteiger partial charge in [0.25, 0.3) is 0 Å². The standard InChI is InChI=1S/C15H24N2O3/c1-12(2)7-9-20-10-8-16-15(18)17-13-5-4-6-14(11-13)19-3/h4-6,11-12H,7-10H2,1-3H3,(H2,16,17,18). The molecule has 0 aromatic heterocycles. The SMILES string of the molecule is COc1cccc(NC(=O)NCCOCCC(C)C)c1. The van der Waals surface area contributed by atoms with Crippen LogP contribution in [0.5, 0.6) is 5.75 Å². The lowest BCUT2D eigenvalue weighted by Crippen LogP contribution is -2.31. The fourth-order valence-corrected chi connectivity index (χ4v) is 1.53. The van der Waals surface area contributed by atoms with E-state index >= 15 is 0 Å². The highest BCUT2D eigenvalue weighted by Crippen LogP contribution is 2.16. The fraction of sp³-hybridized carbons (Fsp3) is 0.533. The smallest absolute Gasteiger partial charge is 0.319 e. The van der Waals surface area contributed by atoms with Gasteiger partial charge in [-0.1, -0.05) is 19.9 Å². The largest absolute Gasteiger partial charge is 0.497 e. The maximum Gasteiger partial charge on any atom is 0.319 e. The molecule has 5 nitrogen and oxygen atoms in total. The van der Waals surface area contributed by atoms with Gasteiger partial charge in [0.1, 0.15) is 5.75 Å². The highest BCUT2D eigenvalue weighted by Gasteiger charge is 2.02. The Labute approximate surface area is 120 Å². The summed E-state index contributed by atoms with van der Waals surface area (Å²) in [6.45, 7) is 6.06. The van der Waals surface area contributed by atoms with Crippen molar-refractivity contribution in [1.29, 1.82) is 0 Å². The predicted octanol–water partition coefficient (Wildman–Crippen LogP) is 2.88. The second-order valence-corrected chi connectivity index (χ2v) is 4.91. The molecule has 0 unspecified atom stereocenters. The minimum Gasteiger partial charge on any atom is -0.497 e. The third-order valence-corrected chi connectivity index (χ3v) is 2.70. The van der Waals surface area contributed by atoms with Crippen LogP contribution in [-0.2, 0) is 4.74 Å². The summed E-state index contributed by atoms with van der Waals surface area (Å²) in [6.07, 6.45) is 1.04. The molecule has 0 heterocycles. The first-order valence-electron chi connectivity index (χ1n) is 6.88. The van der Waals surface area contributed by atoms with Crippen molar-refractivity contribution in [3.05, 3.63) is 24.3 Å². The van der Waals surface area contributed by atoms with Gasteiger partial charge in [0.15, 0.2) is 0 Å². The second kappa shape index (κ2) is 9.20. The lowest BCUT2D eigenvalue weighted by atomic mass is 10.1. The van der Waals surface area contributed by atoms with Crippen molar-refractivity contribution < 1.29 is 14.3 Å². The Bertz CT molecular complexity index is 408. The average Bonchev–Trinajstić information content (AvgIpc) is 2.42. The zero-order valence-corrected chi connectivity index (χ0v) is 12.4. The van der Waals surface area contributed by atoms with Crippen molar-refractivity contribution in [3.8, 4) is 5.75 Å². The monoisotopic (exact) mass is 280 g/mol. The van der Waals surface area contributed by atoms with Crippen molar-refractivity contribution in [2.24, 2.45) is 5.92 Å². The van der Waals surface area contributed by atoms with E-state index in [0.717, 1.165) is 13.0 Å². The first-order chi connectivity index (χ1) is 9.61. The molecule has 0 saturated heterocycles. The van der Waals surface area contributed by atoms with E-state index in [1.165, 1.54) is 0 Å². The van der Waals surface area contributed by atoms with Crippen LogP contribution in [0.2, 0.25) is 0 Å². The van der Waals surface area contributed by atoms with Crippen LogP contribution in [0.3, 0.4) is 0 Å². The van der Waals surface area contributed by atoms with Crippen molar-refractivity contribution in [1.82, 2.24) is 5.32 Å². The molecule has 112 valence electrons. The number of carbonyl (C=O) groups is 1. The summed E-state index contributed by atoms with van der Waals surface area (Å²) in [5.41, 5.74) is 0.697. The van der Waals surface area contributed by atoms with Crippen LogP contribution >= 0.6 is 0 Å². The van der Waals surface area contributed by atoms with Gasteiger partial charge in [-0.3, -0.25) is 0 Å². The maximum absolute atomic E-state index is 11.6. The molecule has 1 rings (SSSR count). The van der Waals surface area contributed by atoms with Gasteiger partial charge in [-0.05, 0) is 24.5 Å². The Balaban J connectivity index is 2.16. The number of rotatable bonds is 8. The third kappa shape index (κ3) is 6.99. The van der Waals surface area contributed by atoms with Crippen LogP contribution in [-0.4, -0.2) is 32.9 Å². The maximum atomic E-state index is 11.6. The van der Waals surface area contributed by atoms with Gasteiger partial charge in [-0.15, -0.1) is 0 Å². The summed E-state index contributed by atoms with van der Waals surface area (Å²) in [7, 11) is 1.59. The number of hydrogen-bond acceptors (Lipinski definition) is 3. The van der Waals surface area contributed by atoms with E-state index in [-0.39, 0.29) is 6.03 Å². The molecule has 20 heavy (non-hydrogen) atoms. The molecule has 0 spiro atoms. The number of ether oxygens (including phenoxy) is 2. The van der Waals surface area contributed by atoms with Gasteiger partial charge >= 0.3 is 6.03 Å². The van der Waals surface area contributed by atoms with Gasteiger partial charge in [0.2, 0.25) is 0 Å². The van der Waals surface area contributed by atoms with E-state index in [4.69, 9.17) is 9.47 Å². The number of hydrogen-bond donors (Lipinski definition) is 2. The zero-order chi connectivity index (χ0) is 14.8. The zero-order valence-electron chi connectivity index (χ0n) is 12.4. The number of methoxy groups -OCH3 is 1. The molecule has 0 fully saturated rings. The molecule has 2 N–H and O–H groups in total. The van der Waals surface area contributed by atoms with Gasteiger partial charge in [-0.2, -0.15) is 0 Å². The molecular weight excluding hydrogens is 256 g/mol. The summed E-state index contributed by atoms with van der Waals surface area (Å²) >= 11 is 0. The molecule has 5 heteroatoms. The van der Waals surface area contributed by atoms with E-state index in [1.807, 2.05) is 12.1 Å². The molecule has 0 aliphatic carbocycles. The molecule has 0 saturated carbocycles. The van der Waals surface area contributed by atoms with E-state index in [2.05, 4.69) is 24.5 Å². The van der Waals surface area contributed by atoms with E-state index in [9.17, 15) is 4.79 Å². The summed E-state index contributed by atoms with van der Waals surface area (Å²) in [6, 6.07) is 6.97. The Hall–Kier alpha value is -1.75. The van der Waals surface area contributed by atoms with E-state index in [0.29, 0.717) is 30.5 Å². The van der Waals surface area contributed by atoms with Crippen molar-refractivity contribution in [3.63, 3.8) is 0 Å². The first-order valence-corrected chi connectivity index (χ1v) is 6.88. The average molecular weight is 280 g/mol. The number of anilines is 1. The summed E-state index contributed by atoms with van der Waals surface area (Å²) in [5, 5.41) is 5.48. The summed E-state index contributed by atoms with van der Waals surface area (Å²) in [4.78, 5) is 11.6. The normalized spacial score (nSPS) is 10.4. The molecule has 0 radical (unpaired) electrons. The van der Waals surface area contributed by atoms with Gasteiger partial charge in [0, 0.05) is 24.9 Å². The highest BCUT2D eigenvalue weighted by molar-refractivity contribution is 5.89. The molecule has 1 aromatic carbocycles. The molecule has 2 amide bonds. The van der Waals surface area contributed by atoms with Gasteiger partial charge in [-0.25, -0.2) is 4.79 Å². The fourth-order valence-electron chi connectivity index (χ4n) is 1.53. The molecule has 0 aliphatic rings. The van der Waals surface area contributed by atoms with Crippen molar-refractivity contribution >= 4 is 11.7 Å². The number of urea groups is 1. The third-order valence-electron chi connectivity index (χ3n) is 2.70. The van der Waals surface area contributed by atoms with Gasteiger partial charge in [0.05, 0.1) is 13.7 Å². The quantitative estimate of drug-likeness (QED) is 0.720. The number of carbonyl (C=O) groups excluding carboxylic acids is 1. The van der Waals surface area contributed by atoms with Gasteiger partial charge < -0.3 is 20.1 Å².